The van der Waals surface area contributed by atoms with E-state index in [0.29, 0.717) is 12.5 Å². The zero-order chi connectivity index (χ0) is 13.3. The van der Waals surface area contributed by atoms with Crippen LogP contribution in [0, 0.1) is 0 Å². The quantitative estimate of drug-likeness (QED) is 0.808. The first kappa shape index (κ1) is 13.1. The van der Waals surface area contributed by atoms with Crippen LogP contribution < -0.4 is 5.32 Å². The Morgan fingerprint density at radius 2 is 2.06 bits per heavy atom. The van der Waals surface area contributed by atoms with Gasteiger partial charge < -0.3 is 5.32 Å². The number of hydrogen-bond donors (Lipinski definition) is 1. The van der Waals surface area contributed by atoms with Gasteiger partial charge in [-0.25, -0.2) is 0 Å². The minimum atomic E-state index is -4.29. The van der Waals surface area contributed by atoms with Crippen molar-refractivity contribution in [2.24, 2.45) is 0 Å². The average molecular weight is 255 g/mol. The van der Waals surface area contributed by atoms with Crippen LogP contribution in [0.15, 0.2) is 30.3 Å². The van der Waals surface area contributed by atoms with Crippen LogP contribution in [0.1, 0.15) is 37.4 Å². The lowest BCUT2D eigenvalue weighted by molar-refractivity contribution is -0.0690. The molecule has 0 spiro atoms. The molecular formula is C14H16F3N. The summed E-state index contributed by atoms with van der Waals surface area (Å²) in [5.74, 6) is 0. The van der Waals surface area contributed by atoms with Crippen LogP contribution in [0.2, 0.25) is 0 Å². The number of alkyl halides is 3. The summed E-state index contributed by atoms with van der Waals surface area (Å²) in [4.78, 5) is 0. The molecule has 4 heteroatoms. The summed E-state index contributed by atoms with van der Waals surface area (Å²) in [6, 6.07) is 7.25. The van der Waals surface area contributed by atoms with Gasteiger partial charge in [0.05, 0.1) is 5.57 Å². The molecule has 2 rings (SSSR count). The highest BCUT2D eigenvalue weighted by atomic mass is 19.4. The molecule has 0 bridgehead atoms. The molecule has 1 aromatic rings. The van der Waals surface area contributed by atoms with Gasteiger partial charge in [-0.05, 0) is 30.5 Å². The van der Waals surface area contributed by atoms with Crippen molar-refractivity contribution in [2.75, 3.05) is 0 Å². The zero-order valence-corrected chi connectivity index (χ0v) is 10.4. The monoisotopic (exact) mass is 255 g/mol. The predicted molar refractivity (Wildman–Crippen MR) is 66.1 cm³/mol. The first-order chi connectivity index (χ1) is 8.43. The molecule has 18 heavy (non-hydrogen) atoms. The van der Waals surface area contributed by atoms with Gasteiger partial charge in [-0.1, -0.05) is 31.2 Å². The zero-order valence-electron chi connectivity index (χ0n) is 10.4. The molecular weight excluding hydrogens is 239 g/mol. The second-order valence-electron chi connectivity index (χ2n) is 4.58. The van der Waals surface area contributed by atoms with E-state index in [0.717, 1.165) is 5.56 Å². The third-order valence-electron chi connectivity index (χ3n) is 3.10. The van der Waals surface area contributed by atoms with Crippen LogP contribution in [-0.4, -0.2) is 12.2 Å². The van der Waals surface area contributed by atoms with Gasteiger partial charge in [0.25, 0.3) is 0 Å². The van der Waals surface area contributed by atoms with Crippen molar-refractivity contribution in [2.45, 2.75) is 38.5 Å². The van der Waals surface area contributed by atoms with E-state index < -0.39 is 11.7 Å². The van der Waals surface area contributed by atoms with Crippen LogP contribution in [0.25, 0.3) is 5.57 Å². The Hall–Kier alpha value is -1.29. The molecule has 1 aromatic carbocycles. The molecule has 0 aliphatic carbocycles. The van der Waals surface area contributed by atoms with Crippen molar-refractivity contribution >= 4 is 5.57 Å². The van der Waals surface area contributed by atoms with Gasteiger partial charge in [-0.2, -0.15) is 13.2 Å². The van der Waals surface area contributed by atoms with Crippen LogP contribution in [-0.2, 0) is 0 Å². The lowest BCUT2D eigenvalue weighted by Gasteiger charge is -2.13. The van der Waals surface area contributed by atoms with Crippen molar-refractivity contribution in [1.82, 2.24) is 5.32 Å². The highest BCUT2D eigenvalue weighted by Crippen LogP contribution is 2.36. The van der Waals surface area contributed by atoms with Gasteiger partial charge in [0.15, 0.2) is 0 Å². The Kier molecular flexibility index (Phi) is 3.48. The van der Waals surface area contributed by atoms with Gasteiger partial charge in [-0.3, -0.25) is 0 Å². The highest BCUT2D eigenvalue weighted by Gasteiger charge is 2.36. The summed E-state index contributed by atoms with van der Waals surface area (Å²) in [6.45, 7) is 3.73. The van der Waals surface area contributed by atoms with E-state index in [9.17, 15) is 13.2 Å². The third-order valence-corrected chi connectivity index (χ3v) is 3.10. The number of hydrogen-bond acceptors (Lipinski definition) is 1. The Balaban J connectivity index is 2.34. The van der Waals surface area contributed by atoms with Crippen molar-refractivity contribution in [3.8, 4) is 0 Å². The normalized spacial score (nSPS) is 24.2. The van der Waals surface area contributed by atoms with Crippen LogP contribution in [0.3, 0.4) is 0 Å². The van der Waals surface area contributed by atoms with Crippen LogP contribution in [0.4, 0.5) is 13.2 Å². The third kappa shape index (κ3) is 2.75. The molecule has 0 saturated carbocycles. The highest BCUT2D eigenvalue weighted by molar-refractivity contribution is 5.70. The van der Waals surface area contributed by atoms with Gasteiger partial charge in [0, 0.05) is 12.1 Å². The van der Waals surface area contributed by atoms with Gasteiger partial charge in [-0.15, -0.1) is 0 Å². The lowest BCUT2D eigenvalue weighted by atomic mass is 10.00. The number of halogens is 3. The maximum atomic E-state index is 12.9. The molecule has 0 amide bonds. The molecule has 1 aliphatic rings. The molecule has 1 fully saturated rings. The average Bonchev–Trinajstić information content (AvgIpc) is 3.02. The predicted octanol–water partition coefficient (Wildman–Crippen LogP) is 4.08. The lowest BCUT2D eigenvalue weighted by Crippen LogP contribution is -2.11. The molecule has 1 nitrogen and oxygen atoms in total. The van der Waals surface area contributed by atoms with Crippen molar-refractivity contribution < 1.29 is 13.2 Å². The fourth-order valence-electron chi connectivity index (χ4n) is 2.11. The van der Waals surface area contributed by atoms with Gasteiger partial charge in [0.1, 0.15) is 0 Å². The first-order valence-corrected chi connectivity index (χ1v) is 6.07. The molecule has 2 unspecified atom stereocenters. The molecule has 2 atom stereocenters. The molecule has 1 heterocycles. The second-order valence-corrected chi connectivity index (χ2v) is 4.58. The molecule has 0 radical (unpaired) electrons. The van der Waals surface area contributed by atoms with E-state index in [1.54, 1.807) is 19.1 Å². The Labute approximate surface area is 105 Å². The Morgan fingerprint density at radius 3 is 2.56 bits per heavy atom. The first-order valence-electron chi connectivity index (χ1n) is 6.07. The summed E-state index contributed by atoms with van der Waals surface area (Å²) < 4.78 is 38.8. The molecule has 1 aliphatic heterocycles. The fraction of sp³-hybridized carbons (Fsp3) is 0.429. The van der Waals surface area contributed by atoms with E-state index in [-0.39, 0.29) is 11.6 Å². The van der Waals surface area contributed by atoms with E-state index >= 15 is 0 Å². The molecule has 1 N–H and O–H groups in total. The summed E-state index contributed by atoms with van der Waals surface area (Å²) in [6.07, 6.45) is -2.68. The number of benzene rings is 1. The van der Waals surface area contributed by atoms with Crippen molar-refractivity contribution in [1.29, 1.82) is 0 Å². The van der Waals surface area contributed by atoms with E-state index in [1.165, 1.54) is 12.1 Å². The maximum absolute atomic E-state index is 12.9. The van der Waals surface area contributed by atoms with Crippen LogP contribution >= 0.6 is 0 Å². The topological polar surface area (TPSA) is 21.9 Å². The van der Waals surface area contributed by atoms with E-state index in [4.69, 9.17) is 0 Å². The standard InChI is InChI=1S/C14H16F3N/c1-3-5-12(14(15,16)17)10-6-4-7-11(8-10)13-9(2)18-13/h4-9,13,18H,3H2,1-2H3/b12-5+. The number of nitrogens with one attached hydrogen (secondary N) is 1. The Bertz CT molecular complexity index is 462. The largest absolute Gasteiger partial charge is 0.416 e. The van der Waals surface area contributed by atoms with Crippen LogP contribution in [0.5, 0.6) is 0 Å². The van der Waals surface area contributed by atoms with Gasteiger partial charge >= 0.3 is 6.18 Å². The molecule has 1 saturated heterocycles. The molecule has 98 valence electrons. The number of allylic oxidation sites excluding steroid dienone is 2. The smallest absolute Gasteiger partial charge is 0.304 e. The fourth-order valence-corrected chi connectivity index (χ4v) is 2.11. The maximum Gasteiger partial charge on any atom is 0.416 e. The summed E-state index contributed by atoms with van der Waals surface area (Å²) >= 11 is 0. The Morgan fingerprint density at radius 1 is 1.39 bits per heavy atom. The van der Waals surface area contributed by atoms with E-state index in [2.05, 4.69) is 5.32 Å². The summed E-state index contributed by atoms with van der Waals surface area (Å²) in [7, 11) is 0. The number of rotatable bonds is 3. The second kappa shape index (κ2) is 4.76. The summed E-state index contributed by atoms with van der Waals surface area (Å²) in [5.41, 5.74) is 0.633. The van der Waals surface area contributed by atoms with E-state index in [1.807, 2.05) is 13.0 Å². The van der Waals surface area contributed by atoms with Crippen molar-refractivity contribution in [3.63, 3.8) is 0 Å². The minimum absolute atomic E-state index is 0.195. The van der Waals surface area contributed by atoms with Gasteiger partial charge in [0.2, 0.25) is 0 Å². The summed E-state index contributed by atoms with van der Waals surface area (Å²) in [5, 5.41) is 3.18. The minimum Gasteiger partial charge on any atom is -0.304 e. The SMILES string of the molecule is CC/C=C(\c1cccc(C2NC2C)c1)C(F)(F)F. The molecule has 0 aromatic heterocycles. The van der Waals surface area contributed by atoms with Crippen molar-refractivity contribution in [3.05, 3.63) is 41.5 Å².